The molecule has 0 bridgehead atoms. The Hall–Kier alpha value is -1.94. The minimum atomic E-state index is -0.292. The van der Waals surface area contributed by atoms with Crippen LogP contribution in [0.3, 0.4) is 0 Å². The average Bonchev–Trinajstić information content (AvgIpc) is 2.78. The summed E-state index contributed by atoms with van der Waals surface area (Å²) in [5.74, 6) is -0.209. The minimum absolute atomic E-state index is 0.124. The molecule has 1 aromatic carbocycles. The molecule has 1 aromatic heterocycles. The lowest BCUT2D eigenvalue weighted by Crippen LogP contribution is -2.32. The molecule has 0 saturated carbocycles. The number of likely N-dealkylation sites (tertiary alicyclic amines) is 1. The van der Waals surface area contributed by atoms with Crippen LogP contribution >= 0.6 is 11.6 Å². The Labute approximate surface area is 121 Å². The number of pyridine rings is 1. The van der Waals surface area contributed by atoms with Gasteiger partial charge in [0.2, 0.25) is 5.91 Å². The summed E-state index contributed by atoms with van der Waals surface area (Å²) in [5, 5.41) is 1.81. The van der Waals surface area contributed by atoms with Gasteiger partial charge >= 0.3 is 0 Å². The van der Waals surface area contributed by atoms with Crippen LogP contribution in [0.1, 0.15) is 23.7 Å². The third kappa shape index (κ3) is 2.06. The highest BCUT2D eigenvalue weighted by Gasteiger charge is 2.32. The largest absolute Gasteiger partial charge is 0.278 e. The summed E-state index contributed by atoms with van der Waals surface area (Å²) >= 11 is 6.04. The van der Waals surface area contributed by atoms with Gasteiger partial charge in [-0.15, -0.1) is 0 Å². The van der Waals surface area contributed by atoms with Crippen molar-refractivity contribution >= 4 is 34.2 Å². The van der Waals surface area contributed by atoms with Gasteiger partial charge in [-0.2, -0.15) is 0 Å². The summed E-state index contributed by atoms with van der Waals surface area (Å²) in [4.78, 5) is 29.8. The van der Waals surface area contributed by atoms with Crippen LogP contribution in [0.2, 0.25) is 5.15 Å². The first-order chi connectivity index (χ1) is 9.58. The summed E-state index contributed by atoms with van der Waals surface area (Å²) in [6.07, 6.45) is 1.87. The number of imide groups is 1. The molecule has 2 amide bonds. The molecule has 1 unspecified atom stereocenters. The van der Waals surface area contributed by atoms with E-state index in [0.717, 1.165) is 10.8 Å². The van der Waals surface area contributed by atoms with Crippen LogP contribution in [0, 0.1) is 5.92 Å². The van der Waals surface area contributed by atoms with Crippen LogP contribution < -0.4 is 0 Å². The maximum absolute atomic E-state index is 12.6. The first-order valence-electron chi connectivity index (χ1n) is 6.46. The summed E-state index contributed by atoms with van der Waals surface area (Å²) in [7, 11) is 0. The molecule has 0 N–H and O–H groups in total. The number of nitrogens with zero attached hydrogens (tertiary/aromatic N) is 2. The van der Waals surface area contributed by atoms with Crippen molar-refractivity contribution in [3.8, 4) is 0 Å². The molecule has 20 heavy (non-hydrogen) atoms. The normalized spacial score (nSPS) is 18.8. The maximum Gasteiger partial charge on any atom is 0.262 e. The van der Waals surface area contributed by atoms with Gasteiger partial charge in [-0.05, 0) is 11.3 Å². The molecule has 4 nitrogen and oxygen atoms in total. The predicted molar refractivity (Wildman–Crippen MR) is 76.6 cm³/mol. The predicted octanol–water partition coefficient (Wildman–Crippen LogP) is 2.90. The van der Waals surface area contributed by atoms with Crippen molar-refractivity contribution in [3.05, 3.63) is 41.2 Å². The second-order valence-corrected chi connectivity index (χ2v) is 5.49. The maximum atomic E-state index is 12.6. The topological polar surface area (TPSA) is 50.3 Å². The van der Waals surface area contributed by atoms with Gasteiger partial charge in [-0.1, -0.05) is 42.8 Å². The number of halogens is 1. The Morgan fingerprint density at radius 2 is 2.05 bits per heavy atom. The van der Waals surface area contributed by atoms with Crippen molar-refractivity contribution in [2.45, 2.75) is 13.3 Å². The van der Waals surface area contributed by atoms with E-state index in [9.17, 15) is 9.59 Å². The van der Waals surface area contributed by atoms with Gasteiger partial charge in [0, 0.05) is 24.5 Å². The lowest BCUT2D eigenvalue weighted by molar-refractivity contribution is -0.125. The fourth-order valence-corrected chi connectivity index (χ4v) is 2.77. The third-order valence-corrected chi connectivity index (χ3v) is 3.84. The van der Waals surface area contributed by atoms with E-state index in [-0.39, 0.29) is 17.7 Å². The van der Waals surface area contributed by atoms with Crippen molar-refractivity contribution in [1.82, 2.24) is 9.88 Å². The smallest absolute Gasteiger partial charge is 0.262 e. The van der Waals surface area contributed by atoms with E-state index in [1.54, 1.807) is 0 Å². The zero-order valence-corrected chi connectivity index (χ0v) is 11.7. The molecule has 1 fully saturated rings. The Kier molecular flexibility index (Phi) is 3.18. The van der Waals surface area contributed by atoms with Gasteiger partial charge in [-0.25, -0.2) is 4.98 Å². The monoisotopic (exact) mass is 288 g/mol. The minimum Gasteiger partial charge on any atom is -0.278 e. The molecule has 1 saturated heterocycles. The number of fused-ring (bicyclic) bond motifs is 1. The number of hydrogen-bond acceptors (Lipinski definition) is 3. The molecule has 102 valence electrons. The van der Waals surface area contributed by atoms with Crippen molar-refractivity contribution in [2.75, 3.05) is 6.54 Å². The summed E-state index contributed by atoms with van der Waals surface area (Å²) < 4.78 is 0. The first-order valence-corrected chi connectivity index (χ1v) is 6.83. The van der Waals surface area contributed by atoms with E-state index < -0.39 is 0 Å². The van der Waals surface area contributed by atoms with Crippen LogP contribution in [0.25, 0.3) is 10.8 Å². The van der Waals surface area contributed by atoms with Gasteiger partial charge in [0.25, 0.3) is 5.91 Å². The van der Waals surface area contributed by atoms with Gasteiger partial charge in [0.1, 0.15) is 5.15 Å². The van der Waals surface area contributed by atoms with Gasteiger partial charge in [0.15, 0.2) is 0 Å². The van der Waals surface area contributed by atoms with Crippen LogP contribution in [-0.4, -0.2) is 28.2 Å². The lowest BCUT2D eigenvalue weighted by atomic mass is 10.1. The zero-order chi connectivity index (χ0) is 14.3. The lowest BCUT2D eigenvalue weighted by Gasteiger charge is -2.15. The van der Waals surface area contributed by atoms with E-state index in [1.165, 1.54) is 11.1 Å². The average molecular weight is 289 g/mol. The molecule has 0 aliphatic carbocycles. The van der Waals surface area contributed by atoms with Crippen molar-refractivity contribution in [2.24, 2.45) is 5.92 Å². The SMILES string of the molecule is CC1CC(=O)N(C(=O)c2cnc(Cl)c3ccccc23)C1. The number of amides is 2. The molecule has 1 aliphatic rings. The fraction of sp³-hybridized carbons (Fsp3) is 0.267. The quantitative estimate of drug-likeness (QED) is 0.599. The number of aromatic nitrogens is 1. The first kappa shape index (κ1) is 13.1. The standard InChI is InChI=1S/C15H13ClN2O2/c1-9-6-13(19)18(8-9)15(20)12-7-17-14(16)11-5-3-2-4-10(11)12/h2-5,7,9H,6,8H2,1H3. The van der Waals surface area contributed by atoms with E-state index in [0.29, 0.717) is 23.7 Å². The van der Waals surface area contributed by atoms with E-state index in [2.05, 4.69) is 4.98 Å². The van der Waals surface area contributed by atoms with E-state index in [1.807, 2.05) is 31.2 Å². The number of benzene rings is 1. The molecule has 0 spiro atoms. The molecule has 2 aromatic rings. The number of carbonyl (C=O) groups is 2. The second kappa shape index (κ2) is 4.87. The summed E-state index contributed by atoms with van der Waals surface area (Å²) in [5.41, 5.74) is 0.424. The van der Waals surface area contributed by atoms with Crippen molar-refractivity contribution < 1.29 is 9.59 Å². The summed E-state index contributed by atoms with van der Waals surface area (Å²) in [6, 6.07) is 7.31. The van der Waals surface area contributed by atoms with Crippen LogP contribution in [0.15, 0.2) is 30.5 Å². The fourth-order valence-electron chi connectivity index (χ4n) is 2.56. The Bertz CT molecular complexity index is 714. The molecular formula is C15H13ClN2O2. The highest BCUT2D eigenvalue weighted by atomic mass is 35.5. The highest BCUT2D eigenvalue weighted by Crippen LogP contribution is 2.27. The zero-order valence-electron chi connectivity index (χ0n) is 11.0. The molecule has 0 radical (unpaired) electrons. The molecular weight excluding hydrogens is 276 g/mol. The van der Waals surface area contributed by atoms with Crippen LogP contribution in [0.4, 0.5) is 0 Å². The second-order valence-electron chi connectivity index (χ2n) is 5.13. The van der Waals surface area contributed by atoms with Crippen LogP contribution in [0.5, 0.6) is 0 Å². The Balaban J connectivity index is 2.09. The number of hydrogen-bond donors (Lipinski definition) is 0. The number of rotatable bonds is 1. The van der Waals surface area contributed by atoms with E-state index in [4.69, 9.17) is 11.6 Å². The van der Waals surface area contributed by atoms with Gasteiger partial charge in [0.05, 0.1) is 5.56 Å². The Morgan fingerprint density at radius 3 is 2.70 bits per heavy atom. The van der Waals surface area contributed by atoms with E-state index >= 15 is 0 Å². The van der Waals surface area contributed by atoms with Crippen molar-refractivity contribution in [3.63, 3.8) is 0 Å². The van der Waals surface area contributed by atoms with Crippen LogP contribution in [-0.2, 0) is 4.79 Å². The third-order valence-electron chi connectivity index (χ3n) is 3.54. The molecule has 1 aliphatic heterocycles. The molecule has 5 heteroatoms. The molecule has 3 rings (SSSR count). The van der Waals surface area contributed by atoms with Gasteiger partial charge in [-0.3, -0.25) is 14.5 Å². The highest BCUT2D eigenvalue weighted by molar-refractivity contribution is 6.35. The van der Waals surface area contributed by atoms with Gasteiger partial charge < -0.3 is 0 Å². The number of carbonyl (C=O) groups excluding carboxylic acids is 2. The van der Waals surface area contributed by atoms with Crippen molar-refractivity contribution in [1.29, 1.82) is 0 Å². The molecule has 2 heterocycles. The Morgan fingerprint density at radius 1 is 1.35 bits per heavy atom. The molecule has 1 atom stereocenters. The summed E-state index contributed by atoms with van der Waals surface area (Å²) in [6.45, 7) is 2.43.